The number of benzene rings is 2. The van der Waals surface area contributed by atoms with Crippen molar-refractivity contribution < 1.29 is 4.39 Å². The highest BCUT2D eigenvalue weighted by molar-refractivity contribution is 6.01. The Balaban J connectivity index is 1.28. The molecule has 0 amide bonds. The molecule has 0 bridgehead atoms. The number of aryl methyl sites for hydroxylation is 1. The van der Waals surface area contributed by atoms with Crippen LogP contribution >= 0.6 is 0 Å². The van der Waals surface area contributed by atoms with Gasteiger partial charge in [0, 0.05) is 47.0 Å². The summed E-state index contributed by atoms with van der Waals surface area (Å²) in [6, 6.07) is 15.7. The molecule has 1 aliphatic rings. The van der Waals surface area contributed by atoms with Crippen LogP contribution in [-0.2, 0) is 6.54 Å². The standard InChI is InChI=1S/C31H27FN6/c1-19-8-22(11-24(32)9-19)27-16-34-17-30-25(27)13-29(35-30)31-26-12-21(4-5-28(26)36-37-31)23-10-20(14-33-15-23)18-38-6-2-3-7-38/h4-5,8-17,35H,2-3,6-7,18H2,1H3,(H,36,37). The molecule has 1 saturated heterocycles. The molecule has 6 aromatic rings. The zero-order valence-corrected chi connectivity index (χ0v) is 21.1. The zero-order valence-electron chi connectivity index (χ0n) is 21.1. The quantitative estimate of drug-likeness (QED) is 0.270. The van der Waals surface area contributed by atoms with E-state index in [1.807, 2.05) is 25.4 Å². The van der Waals surface area contributed by atoms with Crippen molar-refractivity contribution in [2.45, 2.75) is 26.3 Å². The van der Waals surface area contributed by atoms with E-state index in [4.69, 9.17) is 0 Å². The maximum Gasteiger partial charge on any atom is 0.124 e. The van der Waals surface area contributed by atoms with Crippen molar-refractivity contribution in [2.24, 2.45) is 0 Å². The second-order valence-electron chi connectivity index (χ2n) is 10.2. The van der Waals surface area contributed by atoms with Gasteiger partial charge in [-0.3, -0.25) is 20.0 Å². The van der Waals surface area contributed by atoms with Crippen molar-refractivity contribution in [1.82, 2.24) is 30.0 Å². The molecule has 0 atom stereocenters. The minimum Gasteiger partial charge on any atom is -0.352 e. The van der Waals surface area contributed by atoms with Gasteiger partial charge in [-0.1, -0.05) is 12.1 Å². The van der Waals surface area contributed by atoms with Crippen molar-refractivity contribution in [3.8, 4) is 33.6 Å². The van der Waals surface area contributed by atoms with E-state index in [1.165, 1.54) is 24.5 Å². The van der Waals surface area contributed by atoms with Crippen molar-refractivity contribution in [3.05, 3.63) is 90.3 Å². The Morgan fingerprint density at radius 3 is 2.55 bits per heavy atom. The summed E-state index contributed by atoms with van der Waals surface area (Å²) in [4.78, 5) is 14.9. The van der Waals surface area contributed by atoms with Crippen molar-refractivity contribution in [1.29, 1.82) is 0 Å². The second-order valence-corrected chi connectivity index (χ2v) is 10.2. The van der Waals surface area contributed by atoms with Crippen LogP contribution < -0.4 is 0 Å². The molecular formula is C31H27FN6. The fourth-order valence-electron chi connectivity index (χ4n) is 5.63. The van der Waals surface area contributed by atoms with Crippen LogP contribution in [0.3, 0.4) is 0 Å². The molecule has 5 heterocycles. The number of rotatable bonds is 5. The van der Waals surface area contributed by atoms with Crippen molar-refractivity contribution in [2.75, 3.05) is 13.1 Å². The van der Waals surface area contributed by atoms with E-state index in [1.54, 1.807) is 18.5 Å². The first-order valence-corrected chi connectivity index (χ1v) is 13.0. The normalized spacial score (nSPS) is 14.2. The van der Waals surface area contributed by atoms with E-state index in [0.717, 1.165) is 80.6 Å². The molecular weight excluding hydrogens is 475 g/mol. The zero-order chi connectivity index (χ0) is 25.6. The number of hydrogen-bond acceptors (Lipinski definition) is 4. The van der Waals surface area contributed by atoms with Gasteiger partial charge in [0.1, 0.15) is 11.5 Å². The first-order valence-electron chi connectivity index (χ1n) is 13.0. The van der Waals surface area contributed by atoms with Crippen molar-refractivity contribution in [3.63, 3.8) is 0 Å². The van der Waals surface area contributed by atoms with Gasteiger partial charge in [0.05, 0.1) is 22.9 Å². The Morgan fingerprint density at radius 1 is 0.816 bits per heavy atom. The lowest BCUT2D eigenvalue weighted by Gasteiger charge is -2.14. The van der Waals surface area contributed by atoms with Crippen LogP contribution in [0, 0.1) is 12.7 Å². The number of halogens is 1. The summed E-state index contributed by atoms with van der Waals surface area (Å²) < 4.78 is 14.2. The first-order chi connectivity index (χ1) is 18.6. The molecule has 0 spiro atoms. The van der Waals surface area contributed by atoms with Gasteiger partial charge in [0.2, 0.25) is 0 Å². The Labute approximate surface area is 219 Å². The summed E-state index contributed by atoms with van der Waals surface area (Å²) in [5.74, 6) is -0.252. The molecule has 188 valence electrons. The maximum absolute atomic E-state index is 14.2. The number of H-pyrrole nitrogens is 2. The summed E-state index contributed by atoms with van der Waals surface area (Å²) in [7, 11) is 0. The molecule has 0 radical (unpaired) electrons. The SMILES string of the molecule is Cc1cc(F)cc(-c2cncc3[nH]c(-c4n[nH]c5ccc(-c6cncc(CN7CCCC7)c6)cc45)cc23)c1. The fourth-order valence-corrected chi connectivity index (χ4v) is 5.63. The average molecular weight is 503 g/mol. The number of nitrogens with zero attached hydrogens (tertiary/aromatic N) is 4. The summed E-state index contributed by atoms with van der Waals surface area (Å²) in [6.07, 6.45) is 10.0. The third kappa shape index (κ3) is 4.15. The summed E-state index contributed by atoms with van der Waals surface area (Å²) >= 11 is 0. The van der Waals surface area contributed by atoms with E-state index < -0.39 is 0 Å². The van der Waals surface area contributed by atoms with Gasteiger partial charge in [-0.15, -0.1) is 0 Å². The van der Waals surface area contributed by atoms with E-state index in [9.17, 15) is 4.39 Å². The molecule has 38 heavy (non-hydrogen) atoms. The van der Waals surface area contributed by atoms with E-state index in [0.29, 0.717) is 0 Å². The predicted octanol–water partition coefficient (Wildman–Crippen LogP) is 6.88. The monoisotopic (exact) mass is 502 g/mol. The lowest BCUT2D eigenvalue weighted by molar-refractivity contribution is 0.331. The highest BCUT2D eigenvalue weighted by Crippen LogP contribution is 2.35. The highest BCUT2D eigenvalue weighted by atomic mass is 19.1. The number of fused-ring (bicyclic) bond motifs is 2. The lowest BCUT2D eigenvalue weighted by atomic mass is 10.0. The van der Waals surface area contributed by atoms with Gasteiger partial charge < -0.3 is 4.98 Å². The van der Waals surface area contributed by atoms with Crippen LogP contribution in [0.1, 0.15) is 24.0 Å². The van der Waals surface area contributed by atoms with Crippen LogP contribution in [0.25, 0.3) is 55.4 Å². The van der Waals surface area contributed by atoms with Gasteiger partial charge in [-0.25, -0.2) is 4.39 Å². The average Bonchev–Trinajstić information content (AvgIpc) is 3.67. The second kappa shape index (κ2) is 9.19. The largest absolute Gasteiger partial charge is 0.352 e. The van der Waals surface area contributed by atoms with Gasteiger partial charge in [0.15, 0.2) is 0 Å². The minimum absolute atomic E-state index is 0.252. The topological polar surface area (TPSA) is 73.5 Å². The number of nitrogens with one attached hydrogen (secondary N) is 2. The lowest BCUT2D eigenvalue weighted by Crippen LogP contribution is -2.18. The number of likely N-dealkylation sites (tertiary alicyclic amines) is 1. The van der Waals surface area contributed by atoms with Crippen LogP contribution in [0.2, 0.25) is 0 Å². The van der Waals surface area contributed by atoms with Gasteiger partial charge in [0.25, 0.3) is 0 Å². The molecule has 0 unspecified atom stereocenters. The van der Waals surface area contributed by atoms with Gasteiger partial charge in [-0.05, 0) is 91.5 Å². The van der Waals surface area contributed by atoms with E-state index in [-0.39, 0.29) is 5.82 Å². The molecule has 7 heteroatoms. The molecule has 0 aliphatic carbocycles. The first kappa shape index (κ1) is 22.8. The number of aromatic amines is 2. The summed E-state index contributed by atoms with van der Waals surface area (Å²) in [6.45, 7) is 5.16. The Bertz CT molecular complexity index is 1770. The minimum atomic E-state index is -0.252. The predicted molar refractivity (Wildman–Crippen MR) is 149 cm³/mol. The van der Waals surface area contributed by atoms with Crippen LogP contribution in [-0.4, -0.2) is 43.1 Å². The molecule has 2 N–H and O–H groups in total. The fraction of sp³-hybridized carbons (Fsp3) is 0.194. The molecule has 1 aliphatic heterocycles. The smallest absolute Gasteiger partial charge is 0.124 e. The molecule has 6 nitrogen and oxygen atoms in total. The van der Waals surface area contributed by atoms with Crippen LogP contribution in [0.5, 0.6) is 0 Å². The van der Waals surface area contributed by atoms with Crippen molar-refractivity contribution >= 4 is 21.8 Å². The number of pyridine rings is 2. The Hall–Kier alpha value is -4.36. The molecule has 7 rings (SSSR count). The van der Waals surface area contributed by atoms with Gasteiger partial charge in [-0.2, -0.15) is 5.10 Å². The summed E-state index contributed by atoms with van der Waals surface area (Å²) in [5.41, 5.74) is 9.55. The Morgan fingerprint density at radius 2 is 1.68 bits per heavy atom. The van der Waals surface area contributed by atoms with E-state index in [2.05, 4.69) is 60.4 Å². The molecule has 1 fully saturated rings. The van der Waals surface area contributed by atoms with Gasteiger partial charge >= 0.3 is 0 Å². The Kier molecular flexibility index (Phi) is 5.51. The number of hydrogen-bond donors (Lipinski definition) is 2. The van der Waals surface area contributed by atoms with E-state index >= 15 is 0 Å². The third-order valence-corrected chi connectivity index (χ3v) is 7.45. The summed E-state index contributed by atoms with van der Waals surface area (Å²) in [5, 5.41) is 9.83. The van der Waals surface area contributed by atoms with Crippen LogP contribution in [0.4, 0.5) is 4.39 Å². The number of aromatic nitrogens is 5. The molecule has 2 aromatic carbocycles. The maximum atomic E-state index is 14.2. The molecule has 0 saturated carbocycles. The molecule has 4 aromatic heterocycles. The highest BCUT2D eigenvalue weighted by Gasteiger charge is 2.16. The van der Waals surface area contributed by atoms with Crippen LogP contribution in [0.15, 0.2) is 73.3 Å². The third-order valence-electron chi connectivity index (χ3n) is 7.45.